The SMILES string of the molecule is C=C1CCn2c(cc3c(F)cccc32)C1=N. The van der Waals surface area contributed by atoms with E-state index in [0.717, 1.165) is 29.7 Å². The Morgan fingerprint density at radius 1 is 1.38 bits per heavy atom. The van der Waals surface area contributed by atoms with Gasteiger partial charge in [0.05, 0.1) is 16.9 Å². The molecular weight excluding hydrogens is 203 g/mol. The second-order valence-electron chi connectivity index (χ2n) is 4.08. The number of nitrogens with zero attached hydrogens (tertiary/aromatic N) is 1. The van der Waals surface area contributed by atoms with E-state index in [-0.39, 0.29) is 5.82 Å². The minimum atomic E-state index is -0.224. The molecule has 2 nitrogen and oxygen atoms in total. The van der Waals surface area contributed by atoms with Crippen molar-refractivity contribution in [1.82, 2.24) is 4.57 Å². The maximum atomic E-state index is 13.6. The van der Waals surface area contributed by atoms with Crippen molar-refractivity contribution in [3.05, 3.63) is 47.9 Å². The van der Waals surface area contributed by atoms with Gasteiger partial charge in [-0.15, -0.1) is 0 Å². The lowest BCUT2D eigenvalue weighted by molar-refractivity contribution is 0.639. The number of hydrogen-bond acceptors (Lipinski definition) is 1. The van der Waals surface area contributed by atoms with Gasteiger partial charge >= 0.3 is 0 Å². The third kappa shape index (κ3) is 1.08. The van der Waals surface area contributed by atoms with Crippen molar-refractivity contribution in [2.45, 2.75) is 13.0 Å². The molecule has 0 spiro atoms. The number of rotatable bonds is 0. The molecule has 1 aromatic carbocycles. The summed E-state index contributed by atoms with van der Waals surface area (Å²) < 4.78 is 15.6. The van der Waals surface area contributed by atoms with Crippen LogP contribution in [0.25, 0.3) is 10.9 Å². The Hall–Kier alpha value is -1.90. The highest BCUT2D eigenvalue weighted by Crippen LogP contribution is 2.28. The number of aromatic nitrogens is 1. The van der Waals surface area contributed by atoms with Crippen molar-refractivity contribution in [3.8, 4) is 0 Å². The number of halogens is 1. The summed E-state index contributed by atoms with van der Waals surface area (Å²) in [6.07, 6.45) is 0.770. The molecule has 1 aliphatic rings. The average Bonchev–Trinajstić information content (AvgIpc) is 2.65. The molecule has 0 saturated carbocycles. The standard InChI is InChI=1S/C13H11FN2/c1-8-5-6-16-11-4-2-3-10(14)9(11)7-12(16)13(8)15/h2-4,7,15H,1,5-6H2. The van der Waals surface area contributed by atoms with Gasteiger partial charge in [-0.1, -0.05) is 12.6 Å². The number of hydrogen-bond donors (Lipinski definition) is 1. The van der Waals surface area contributed by atoms with Crippen molar-refractivity contribution >= 4 is 16.6 Å². The van der Waals surface area contributed by atoms with Crippen LogP contribution in [0.2, 0.25) is 0 Å². The summed E-state index contributed by atoms with van der Waals surface area (Å²) in [6, 6.07) is 6.80. The Morgan fingerprint density at radius 2 is 2.19 bits per heavy atom. The zero-order chi connectivity index (χ0) is 11.3. The number of fused-ring (bicyclic) bond motifs is 3. The third-order valence-corrected chi connectivity index (χ3v) is 3.14. The van der Waals surface area contributed by atoms with Gasteiger partial charge in [0.15, 0.2) is 0 Å². The molecule has 0 atom stereocenters. The predicted octanol–water partition coefficient (Wildman–Crippen LogP) is 3.11. The van der Waals surface area contributed by atoms with Gasteiger partial charge < -0.3 is 4.57 Å². The van der Waals surface area contributed by atoms with Crippen molar-refractivity contribution in [1.29, 1.82) is 5.41 Å². The van der Waals surface area contributed by atoms with Crippen molar-refractivity contribution < 1.29 is 4.39 Å². The highest BCUT2D eigenvalue weighted by molar-refractivity contribution is 6.12. The number of aryl methyl sites for hydroxylation is 1. The fourth-order valence-electron chi connectivity index (χ4n) is 2.25. The predicted molar refractivity (Wildman–Crippen MR) is 62.5 cm³/mol. The molecule has 80 valence electrons. The number of allylic oxidation sites excluding steroid dienone is 1. The fraction of sp³-hybridized carbons (Fsp3) is 0.154. The second-order valence-corrected chi connectivity index (χ2v) is 4.08. The molecule has 16 heavy (non-hydrogen) atoms. The smallest absolute Gasteiger partial charge is 0.132 e. The van der Waals surface area contributed by atoms with Crippen LogP contribution in [-0.2, 0) is 6.54 Å². The lowest BCUT2D eigenvalue weighted by Crippen LogP contribution is -2.18. The minimum absolute atomic E-state index is 0.224. The van der Waals surface area contributed by atoms with E-state index >= 15 is 0 Å². The van der Waals surface area contributed by atoms with Gasteiger partial charge in [0, 0.05) is 11.9 Å². The first-order valence-electron chi connectivity index (χ1n) is 5.23. The normalized spacial score (nSPS) is 15.6. The molecule has 3 rings (SSSR count). The van der Waals surface area contributed by atoms with Gasteiger partial charge in [-0.2, -0.15) is 0 Å². The summed E-state index contributed by atoms with van der Waals surface area (Å²) in [4.78, 5) is 0. The molecule has 2 aromatic rings. The summed E-state index contributed by atoms with van der Waals surface area (Å²) in [5.74, 6) is -0.224. The van der Waals surface area contributed by atoms with Gasteiger partial charge in [0.2, 0.25) is 0 Å². The number of benzene rings is 1. The van der Waals surface area contributed by atoms with Crippen LogP contribution in [-0.4, -0.2) is 10.3 Å². The van der Waals surface area contributed by atoms with Crippen LogP contribution in [0.15, 0.2) is 36.4 Å². The molecule has 0 unspecified atom stereocenters. The fourth-order valence-corrected chi connectivity index (χ4v) is 2.25. The lowest BCUT2D eigenvalue weighted by atomic mass is 10.0. The molecular formula is C13H11FN2. The Labute approximate surface area is 92.5 Å². The summed E-state index contributed by atoms with van der Waals surface area (Å²) >= 11 is 0. The van der Waals surface area contributed by atoms with E-state index in [2.05, 4.69) is 6.58 Å². The van der Waals surface area contributed by atoms with Gasteiger partial charge in [-0.25, -0.2) is 4.39 Å². The maximum absolute atomic E-state index is 13.6. The van der Waals surface area contributed by atoms with Gasteiger partial charge in [-0.05, 0) is 30.2 Å². The molecule has 1 N–H and O–H groups in total. The van der Waals surface area contributed by atoms with Gasteiger partial charge in [0.1, 0.15) is 5.82 Å². The van der Waals surface area contributed by atoms with Gasteiger partial charge in [0.25, 0.3) is 0 Å². The van der Waals surface area contributed by atoms with Crippen LogP contribution in [0.3, 0.4) is 0 Å². The molecule has 2 heterocycles. The highest BCUT2D eigenvalue weighted by Gasteiger charge is 2.20. The zero-order valence-electron chi connectivity index (χ0n) is 8.76. The van der Waals surface area contributed by atoms with Crippen LogP contribution < -0.4 is 0 Å². The average molecular weight is 214 g/mol. The van der Waals surface area contributed by atoms with E-state index in [4.69, 9.17) is 5.41 Å². The molecule has 0 radical (unpaired) electrons. The van der Waals surface area contributed by atoms with Crippen molar-refractivity contribution in [2.24, 2.45) is 0 Å². The zero-order valence-corrected chi connectivity index (χ0v) is 8.76. The molecule has 0 bridgehead atoms. The molecule has 0 saturated heterocycles. The third-order valence-electron chi connectivity index (χ3n) is 3.14. The number of nitrogens with one attached hydrogen (secondary N) is 1. The van der Waals surface area contributed by atoms with Gasteiger partial charge in [-0.3, -0.25) is 5.41 Å². The van der Waals surface area contributed by atoms with Crippen LogP contribution in [0, 0.1) is 11.2 Å². The lowest BCUT2D eigenvalue weighted by Gasteiger charge is -2.18. The van der Waals surface area contributed by atoms with E-state index < -0.39 is 0 Å². The first-order valence-corrected chi connectivity index (χ1v) is 5.23. The maximum Gasteiger partial charge on any atom is 0.132 e. The Morgan fingerprint density at radius 3 is 3.00 bits per heavy atom. The highest BCUT2D eigenvalue weighted by atomic mass is 19.1. The van der Waals surface area contributed by atoms with E-state index in [1.807, 2.05) is 10.6 Å². The topological polar surface area (TPSA) is 28.8 Å². The molecule has 0 aliphatic carbocycles. The monoisotopic (exact) mass is 214 g/mol. The summed E-state index contributed by atoms with van der Waals surface area (Å²) in [5, 5.41) is 8.53. The summed E-state index contributed by atoms with van der Waals surface area (Å²) in [5.41, 5.74) is 2.90. The Bertz CT molecular complexity index is 622. The molecule has 1 aliphatic heterocycles. The molecule has 3 heteroatoms. The quantitative estimate of drug-likeness (QED) is 0.698. The molecule has 0 amide bonds. The minimum Gasteiger partial charge on any atom is -0.339 e. The van der Waals surface area contributed by atoms with Crippen LogP contribution >= 0.6 is 0 Å². The van der Waals surface area contributed by atoms with Crippen molar-refractivity contribution in [2.75, 3.05) is 0 Å². The van der Waals surface area contributed by atoms with Crippen LogP contribution in [0.5, 0.6) is 0 Å². The Kier molecular flexibility index (Phi) is 1.78. The first-order chi connectivity index (χ1) is 7.68. The Balaban J connectivity index is 2.38. The summed E-state index contributed by atoms with van der Waals surface area (Å²) in [6.45, 7) is 4.64. The summed E-state index contributed by atoms with van der Waals surface area (Å²) in [7, 11) is 0. The van der Waals surface area contributed by atoms with Crippen molar-refractivity contribution in [3.63, 3.8) is 0 Å². The van der Waals surface area contributed by atoms with Crippen LogP contribution in [0.1, 0.15) is 12.1 Å². The van der Waals surface area contributed by atoms with Crippen LogP contribution in [0.4, 0.5) is 4.39 Å². The largest absolute Gasteiger partial charge is 0.339 e. The first kappa shape index (κ1) is 9.33. The molecule has 0 fully saturated rings. The second kappa shape index (κ2) is 3.04. The molecule has 1 aromatic heterocycles. The van der Waals surface area contributed by atoms with E-state index in [0.29, 0.717) is 11.1 Å². The van der Waals surface area contributed by atoms with E-state index in [9.17, 15) is 4.39 Å². The van der Waals surface area contributed by atoms with E-state index in [1.54, 1.807) is 12.1 Å². The van der Waals surface area contributed by atoms with E-state index in [1.165, 1.54) is 6.07 Å².